The van der Waals surface area contributed by atoms with Gasteiger partial charge in [-0.15, -0.1) is 0 Å². The van der Waals surface area contributed by atoms with E-state index in [9.17, 15) is 14.0 Å². The van der Waals surface area contributed by atoms with Crippen molar-refractivity contribution in [3.05, 3.63) is 23.5 Å². The van der Waals surface area contributed by atoms with Crippen LogP contribution in [0.4, 0.5) is 20.6 Å². The molecule has 0 unspecified atom stereocenters. The molecule has 20 heavy (non-hydrogen) atoms. The highest BCUT2D eigenvalue weighted by Gasteiger charge is 2.17. The second-order valence-corrected chi connectivity index (χ2v) is 4.24. The first-order valence-electron chi connectivity index (χ1n) is 5.85. The van der Waals surface area contributed by atoms with Crippen LogP contribution < -0.4 is 16.4 Å². The second kappa shape index (κ2) is 6.60. The first-order chi connectivity index (χ1) is 9.34. The van der Waals surface area contributed by atoms with Gasteiger partial charge in [-0.2, -0.15) is 0 Å². The molecule has 0 aliphatic heterocycles. The average Bonchev–Trinajstić information content (AvgIpc) is 2.37. The van der Waals surface area contributed by atoms with Crippen molar-refractivity contribution in [2.75, 3.05) is 38.2 Å². The Hall–Kier alpha value is -2.51. The van der Waals surface area contributed by atoms with E-state index in [1.807, 2.05) is 0 Å². The molecule has 0 aliphatic carbocycles. The quantitative estimate of drug-likeness (QED) is 0.472. The Labute approximate surface area is 115 Å². The van der Waals surface area contributed by atoms with Crippen molar-refractivity contribution < 1.29 is 19.1 Å². The highest BCUT2D eigenvalue weighted by Crippen LogP contribution is 2.24. The fourth-order valence-corrected chi connectivity index (χ4v) is 1.50. The number of carboxylic acids is 1. The third-order valence-electron chi connectivity index (χ3n) is 2.53. The molecule has 0 fully saturated rings. The van der Waals surface area contributed by atoms with Crippen molar-refractivity contribution in [3.63, 3.8) is 0 Å². The number of aromatic carboxylic acids is 1. The zero-order valence-corrected chi connectivity index (χ0v) is 11.2. The van der Waals surface area contributed by atoms with Crippen molar-refractivity contribution in [2.24, 2.45) is 0 Å². The number of carboxylic acid groups (broad SMARTS) is 1. The third-order valence-corrected chi connectivity index (χ3v) is 2.53. The predicted octanol–water partition coefficient (Wildman–Crippen LogP) is 0.789. The van der Waals surface area contributed by atoms with Gasteiger partial charge < -0.3 is 26.4 Å². The number of rotatable bonds is 5. The van der Waals surface area contributed by atoms with Crippen LogP contribution in [0.5, 0.6) is 0 Å². The summed E-state index contributed by atoms with van der Waals surface area (Å²) in [4.78, 5) is 23.7. The number of nitrogens with zero attached hydrogens (tertiary/aromatic N) is 1. The van der Waals surface area contributed by atoms with Gasteiger partial charge in [-0.25, -0.2) is 14.0 Å². The summed E-state index contributed by atoms with van der Waals surface area (Å²) in [7, 11) is 3.21. The molecule has 110 valence electrons. The summed E-state index contributed by atoms with van der Waals surface area (Å²) in [6.45, 7) is 0.568. The summed E-state index contributed by atoms with van der Waals surface area (Å²) in [5, 5.41) is 14.4. The molecule has 0 atom stereocenters. The number of carbonyl (C=O) groups excluding carboxylic acids is 1. The summed E-state index contributed by atoms with van der Waals surface area (Å²) in [5.74, 6) is -2.10. The van der Waals surface area contributed by atoms with E-state index in [4.69, 9.17) is 10.8 Å². The number of amides is 2. The Bertz CT molecular complexity index is 520. The fourth-order valence-electron chi connectivity index (χ4n) is 1.50. The van der Waals surface area contributed by atoms with E-state index in [2.05, 4.69) is 10.6 Å². The van der Waals surface area contributed by atoms with E-state index >= 15 is 0 Å². The molecular weight excluding hydrogens is 267 g/mol. The van der Waals surface area contributed by atoms with E-state index in [-0.39, 0.29) is 30.4 Å². The van der Waals surface area contributed by atoms with Crippen LogP contribution in [0, 0.1) is 5.82 Å². The lowest BCUT2D eigenvalue weighted by Crippen LogP contribution is -2.37. The van der Waals surface area contributed by atoms with Crippen LogP contribution in [-0.2, 0) is 0 Å². The van der Waals surface area contributed by atoms with Gasteiger partial charge in [0.1, 0.15) is 11.4 Å². The molecule has 0 spiro atoms. The zero-order valence-electron chi connectivity index (χ0n) is 11.2. The topological polar surface area (TPSA) is 108 Å². The lowest BCUT2D eigenvalue weighted by molar-refractivity contribution is 0.0698. The lowest BCUT2D eigenvalue weighted by Gasteiger charge is -2.14. The molecule has 1 aromatic carbocycles. The van der Waals surface area contributed by atoms with Gasteiger partial charge in [0.2, 0.25) is 0 Å². The standard InChI is InChI=1S/C12H17FN4O3/c1-17(2)12(20)16-6-5-15-8-4-3-7(13)10(14)9(8)11(18)19/h3-4,15H,5-6,14H2,1-2H3,(H,16,20)(H,18,19). The largest absolute Gasteiger partial charge is 0.478 e. The number of hydrogen-bond donors (Lipinski definition) is 4. The molecule has 8 heteroatoms. The van der Waals surface area contributed by atoms with E-state index in [1.165, 1.54) is 11.0 Å². The number of nitrogens with two attached hydrogens (primary N) is 1. The predicted molar refractivity (Wildman–Crippen MR) is 73.3 cm³/mol. The molecule has 0 saturated heterocycles. The van der Waals surface area contributed by atoms with E-state index in [1.54, 1.807) is 14.1 Å². The van der Waals surface area contributed by atoms with Gasteiger partial charge in [-0.3, -0.25) is 0 Å². The molecule has 0 aromatic heterocycles. The van der Waals surface area contributed by atoms with Gasteiger partial charge in [0.05, 0.1) is 11.4 Å². The first-order valence-corrected chi connectivity index (χ1v) is 5.85. The highest BCUT2D eigenvalue weighted by molar-refractivity contribution is 6.00. The van der Waals surface area contributed by atoms with Crippen LogP contribution in [0.2, 0.25) is 0 Å². The molecular formula is C12H17FN4O3. The van der Waals surface area contributed by atoms with Crippen LogP contribution in [0.25, 0.3) is 0 Å². The number of nitrogens with one attached hydrogen (secondary N) is 2. The summed E-state index contributed by atoms with van der Waals surface area (Å²) in [5.41, 5.74) is 4.88. The van der Waals surface area contributed by atoms with Gasteiger partial charge in [0.25, 0.3) is 0 Å². The van der Waals surface area contributed by atoms with Crippen LogP contribution in [0.3, 0.4) is 0 Å². The zero-order chi connectivity index (χ0) is 15.3. The number of benzene rings is 1. The highest BCUT2D eigenvalue weighted by atomic mass is 19.1. The first kappa shape index (κ1) is 15.5. The Balaban J connectivity index is 2.67. The summed E-state index contributed by atoms with van der Waals surface area (Å²) in [6, 6.07) is 2.12. The fraction of sp³-hybridized carbons (Fsp3) is 0.333. The van der Waals surface area contributed by atoms with Crippen molar-refractivity contribution in [3.8, 4) is 0 Å². The van der Waals surface area contributed by atoms with E-state index in [0.29, 0.717) is 0 Å². The Morgan fingerprint density at radius 3 is 2.55 bits per heavy atom. The van der Waals surface area contributed by atoms with E-state index < -0.39 is 17.5 Å². The molecule has 7 nitrogen and oxygen atoms in total. The smallest absolute Gasteiger partial charge is 0.340 e. The summed E-state index contributed by atoms with van der Waals surface area (Å²) in [6.07, 6.45) is 0. The molecule has 5 N–H and O–H groups in total. The molecule has 0 radical (unpaired) electrons. The van der Waals surface area contributed by atoms with Gasteiger partial charge in [-0.05, 0) is 12.1 Å². The van der Waals surface area contributed by atoms with Crippen molar-refractivity contribution in [1.29, 1.82) is 0 Å². The summed E-state index contributed by atoms with van der Waals surface area (Å²) < 4.78 is 13.2. The Kier molecular flexibility index (Phi) is 5.13. The molecule has 1 rings (SSSR count). The number of nitrogen functional groups attached to an aromatic ring is 1. The number of anilines is 2. The lowest BCUT2D eigenvalue weighted by atomic mass is 10.1. The normalized spacial score (nSPS) is 9.95. The van der Waals surface area contributed by atoms with Gasteiger partial charge >= 0.3 is 12.0 Å². The van der Waals surface area contributed by atoms with E-state index in [0.717, 1.165) is 6.07 Å². The Morgan fingerprint density at radius 2 is 2.00 bits per heavy atom. The van der Waals surface area contributed by atoms with Crippen molar-refractivity contribution >= 4 is 23.4 Å². The molecule has 1 aromatic rings. The molecule has 0 bridgehead atoms. The van der Waals surface area contributed by atoms with Crippen molar-refractivity contribution in [2.45, 2.75) is 0 Å². The van der Waals surface area contributed by atoms with Gasteiger partial charge in [-0.1, -0.05) is 0 Å². The maximum absolute atomic E-state index is 13.2. The number of hydrogen-bond acceptors (Lipinski definition) is 4. The van der Waals surface area contributed by atoms with Gasteiger partial charge in [0.15, 0.2) is 0 Å². The molecule has 0 heterocycles. The second-order valence-electron chi connectivity index (χ2n) is 4.24. The van der Waals surface area contributed by atoms with Crippen LogP contribution >= 0.6 is 0 Å². The van der Waals surface area contributed by atoms with Crippen molar-refractivity contribution in [1.82, 2.24) is 10.2 Å². The molecule has 0 aliphatic rings. The van der Waals surface area contributed by atoms with Crippen LogP contribution in [0.15, 0.2) is 12.1 Å². The number of carbonyl (C=O) groups is 2. The summed E-state index contributed by atoms with van der Waals surface area (Å²) >= 11 is 0. The minimum atomic E-state index is -1.32. The van der Waals surface area contributed by atoms with Crippen LogP contribution in [-0.4, -0.2) is 49.2 Å². The SMILES string of the molecule is CN(C)C(=O)NCCNc1ccc(F)c(N)c1C(=O)O. The maximum atomic E-state index is 13.2. The van der Waals surface area contributed by atoms with Gasteiger partial charge in [0, 0.05) is 27.2 Å². The molecule has 0 saturated carbocycles. The average molecular weight is 284 g/mol. The third kappa shape index (κ3) is 3.74. The maximum Gasteiger partial charge on any atom is 0.340 e. The monoisotopic (exact) mass is 284 g/mol. The van der Waals surface area contributed by atoms with Crippen LogP contribution in [0.1, 0.15) is 10.4 Å². The minimum Gasteiger partial charge on any atom is -0.478 e. The Morgan fingerprint density at radius 1 is 1.35 bits per heavy atom. The number of urea groups is 1. The minimum absolute atomic E-state index is 0.204. The molecule has 2 amide bonds. The number of halogens is 1.